The number of benzene rings is 2. The molecule has 0 saturated heterocycles. The smallest absolute Gasteiger partial charge is 0.411 e. The molecule has 1 atom stereocenters. The van der Waals surface area contributed by atoms with E-state index in [-0.39, 0.29) is 18.0 Å². The van der Waals surface area contributed by atoms with E-state index >= 15 is 0 Å². The van der Waals surface area contributed by atoms with E-state index < -0.39 is 5.60 Å². The third-order valence-corrected chi connectivity index (χ3v) is 4.34. The first-order valence-electron chi connectivity index (χ1n) is 8.59. The third-order valence-electron chi connectivity index (χ3n) is 4.34. The molecule has 2 aromatic rings. The fourth-order valence-corrected chi connectivity index (χ4v) is 3.26. The minimum Gasteiger partial charge on any atom is -0.444 e. The van der Waals surface area contributed by atoms with Crippen LogP contribution in [-0.4, -0.2) is 23.1 Å². The largest absolute Gasteiger partial charge is 0.444 e. The molecule has 0 bridgehead atoms. The molecule has 3 nitrogen and oxygen atoms in total. The van der Waals surface area contributed by atoms with Crippen molar-refractivity contribution in [2.45, 2.75) is 45.8 Å². The van der Waals surface area contributed by atoms with Crippen LogP contribution in [0.3, 0.4) is 0 Å². The lowest BCUT2D eigenvalue weighted by molar-refractivity contribution is 0.0178. The molecule has 0 fully saturated rings. The van der Waals surface area contributed by atoms with Gasteiger partial charge in [-0.25, -0.2) is 9.18 Å². The Morgan fingerprint density at radius 1 is 1.16 bits per heavy atom. The Morgan fingerprint density at radius 3 is 2.48 bits per heavy atom. The van der Waals surface area contributed by atoms with Crippen molar-refractivity contribution >= 4 is 6.09 Å². The van der Waals surface area contributed by atoms with E-state index in [1.165, 1.54) is 17.7 Å². The molecule has 1 aliphatic rings. The van der Waals surface area contributed by atoms with Gasteiger partial charge in [0.25, 0.3) is 0 Å². The van der Waals surface area contributed by atoms with Crippen molar-refractivity contribution in [1.82, 2.24) is 4.90 Å². The van der Waals surface area contributed by atoms with E-state index in [4.69, 9.17) is 4.74 Å². The van der Waals surface area contributed by atoms with Gasteiger partial charge < -0.3 is 4.74 Å². The number of carbonyl (C=O) groups excluding carboxylic acids is 1. The summed E-state index contributed by atoms with van der Waals surface area (Å²) in [4.78, 5) is 14.5. The fourth-order valence-electron chi connectivity index (χ4n) is 3.26. The van der Waals surface area contributed by atoms with E-state index in [1.807, 2.05) is 27.7 Å². The van der Waals surface area contributed by atoms with Crippen molar-refractivity contribution in [3.05, 3.63) is 70.5 Å². The van der Waals surface area contributed by atoms with Crippen LogP contribution in [0, 0.1) is 12.7 Å². The summed E-state index contributed by atoms with van der Waals surface area (Å²) in [6, 6.07) is 12.4. The minimum absolute atomic E-state index is 0.265. The van der Waals surface area contributed by atoms with Crippen LogP contribution in [0.2, 0.25) is 0 Å². The van der Waals surface area contributed by atoms with Gasteiger partial charge >= 0.3 is 6.09 Å². The van der Waals surface area contributed by atoms with Crippen LogP contribution in [0.25, 0.3) is 0 Å². The van der Waals surface area contributed by atoms with Crippen molar-refractivity contribution in [1.29, 1.82) is 0 Å². The summed E-state index contributed by atoms with van der Waals surface area (Å²) in [5, 5.41) is 0. The van der Waals surface area contributed by atoms with E-state index in [2.05, 4.69) is 18.2 Å². The van der Waals surface area contributed by atoms with Crippen LogP contribution in [0.5, 0.6) is 0 Å². The molecular weight excluding hydrogens is 317 g/mol. The van der Waals surface area contributed by atoms with Crippen LogP contribution >= 0.6 is 0 Å². The summed E-state index contributed by atoms with van der Waals surface area (Å²) < 4.78 is 19.0. The highest BCUT2D eigenvalue weighted by molar-refractivity contribution is 5.70. The van der Waals surface area contributed by atoms with Gasteiger partial charge in [-0.3, -0.25) is 4.90 Å². The predicted octanol–water partition coefficient (Wildman–Crippen LogP) is 5.02. The Bertz CT molecular complexity index is 777. The van der Waals surface area contributed by atoms with E-state index in [0.29, 0.717) is 6.54 Å². The quantitative estimate of drug-likeness (QED) is 0.729. The van der Waals surface area contributed by atoms with E-state index in [0.717, 1.165) is 23.1 Å². The molecule has 0 radical (unpaired) electrons. The third kappa shape index (κ3) is 3.84. The summed E-state index contributed by atoms with van der Waals surface area (Å²) in [7, 11) is 0. The standard InChI is InChI=1S/C21H24FNO2/c1-14-5-6-15-11-12-23(20(24)25-21(2,3)4)19(18(15)13-14)16-7-9-17(22)10-8-16/h5-10,13,19H,11-12H2,1-4H3/t19-/m0/s1. The second kappa shape index (κ2) is 6.51. The van der Waals surface area contributed by atoms with Crippen LogP contribution in [-0.2, 0) is 11.2 Å². The Morgan fingerprint density at radius 2 is 1.84 bits per heavy atom. The van der Waals surface area contributed by atoms with Gasteiger partial charge in [-0.1, -0.05) is 35.9 Å². The maximum atomic E-state index is 13.4. The Balaban J connectivity index is 2.06. The summed E-state index contributed by atoms with van der Waals surface area (Å²) >= 11 is 0. The topological polar surface area (TPSA) is 29.5 Å². The van der Waals surface area contributed by atoms with Crippen molar-refractivity contribution in [2.24, 2.45) is 0 Å². The highest BCUT2D eigenvalue weighted by Crippen LogP contribution is 2.36. The monoisotopic (exact) mass is 341 g/mol. The Hall–Kier alpha value is -2.36. The van der Waals surface area contributed by atoms with Crippen molar-refractivity contribution < 1.29 is 13.9 Å². The number of halogens is 1. The Kier molecular flexibility index (Phi) is 4.55. The van der Waals surface area contributed by atoms with Gasteiger partial charge in [0.05, 0.1) is 6.04 Å². The van der Waals surface area contributed by atoms with E-state index in [1.54, 1.807) is 17.0 Å². The molecule has 4 heteroatoms. The average Bonchev–Trinajstić information content (AvgIpc) is 2.53. The van der Waals surface area contributed by atoms with Crippen LogP contribution < -0.4 is 0 Å². The maximum Gasteiger partial charge on any atom is 0.411 e. The van der Waals surface area contributed by atoms with Crippen molar-refractivity contribution in [2.75, 3.05) is 6.54 Å². The number of aryl methyl sites for hydroxylation is 1. The molecule has 2 aromatic carbocycles. The summed E-state index contributed by atoms with van der Waals surface area (Å²) in [5.41, 5.74) is 3.77. The molecular formula is C21H24FNO2. The molecule has 0 aliphatic carbocycles. The Labute approximate surface area is 148 Å². The molecule has 0 unspecified atom stereocenters. The van der Waals surface area contributed by atoms with Gasteiger partial charge in [-0.2, -0.15) is 0 Å². The lowest BCUT2D eigenvalue weighted by Gasteiger charge is -2.38. The average molecular weight is 341 g/mol. The van der Waals surface area contributed by atoms with Gasteiger partial charge in [0.2, 0.25) is 0 Å². The van der Waals surface area contributed by atoms with Crippen LogP contribution in [0.15, 0.2) is 42.5 Å². The number of fused-ring (bicyclic) bond motifs is 1. The highest BCUT2D eigenvalue weighted by Gasteiger charge is 2.34. The first-order valence-corrected chi connectivity index (χ1v) is 8.59. The minimum atomic E-state index is -0.558. The van der Waals surface area contributed by atoms with Crippen molar-refractivity contribution in [3.8, 4) is 0 Å². The predicted molar refractivity (Wildman–Crippen MR) is 96.1 cm³/mol. The van der Waals surface area contributed by atoms with Gasteiger partial charge in [-0.05, 0) is 62.9 Å². The number of ether oxygens (including phenoxy) is 1. The van der Waals surface area contributed by atoms with Crippen LogP contribution in [0.4, 0.5) is 9.18 Å². The van der Waals surface area contributed by atoms with Crippen molar-refractivity contribution in [3.63, 3.8) is 0 Å². The van der Waals surface area contributed by atoms with Gasteiger partial charge in [-0.15, -0.1) is 0 Å². The molecule has 0 N–H and O–H groups in total. The molecule has 0 spiro atoms. The molecule has 0 saturated carbocycles. The first kappa shape index (κ1) is 17.5. The molecule has 0 aromatic heterocycles. The molecule has 1 heterocycles. The van der Waals surface area contributed by atoms with Gasteiger partial charge in [0.15, 0.2) is 0 Å². The van der Waals surface area contributed by atoms with Crippen LogP contribution in [0.1, 0.15) is 49.1 Å². The number of rotatable bonds is 1. The first-order chi connectivity index (χ1) is 11.7. The zero-order chi connectivity index (χ0) is 18.2. The number of amides is 1. The lowest BCUT2D eigenvalue weighted by atomic mass is 9.87. The molecule has 1 aliphatic heterocycles. The number of hydrogen-bond acceptors (Lipinski definition) is 2. The van der Waals surface area contributed by atoms with Gasteiger partial charge in [0.1, 0.15) is 11.4 Å². The van der Waals surface area contributed by atoms with Gasteiger partial charge in [0, 0.05) is 6.54 Å². The maximum absolute atomic E-state index is 13.4. The number of carbonyl (C=O) groups is 1. The summed E-state index contributed by atoms with van der Waals surface area (Å²) in [6.45, 7) is 8.20. The number of nitrogens with zero attached hydrogens (tertiary/aromatic N) is 1. The highest BCUT2D eigenvalue weighted by atomic mass is 19.1. The second-order valence-corrected chi connectivity index (χ2v) is 7.58. The molecule has 3 rings (SSSR count). The molecule has 1 amide bonds. The lowest BCUT2D eigenvalue weighted by Crippen LogP contribution is -2.43. The summed E-state index contributed by atoms with van der Waals surface area (Å²) in [5.74, 6) is -0.284. The zero-order valence-electron chi connectivity index (χ0n) is 15.2. The molecule has 132 valence electrons. The number of hydrogen-bond donors (Lipinski definition) is 0. The SMILES string of the molecule is Cc1ccc2c(c1)[C@H](c1ccc(F)cc1)N(C(=O)OC(C)(C)C)CC2. The normalized spacial score (nSPS) is 17.2. The second-order valence-electron chi connectivity index (χ2n) is 7.58. The van der Waals surface area contributed by atoms with E-state index in [9.17, 15) is 9.18 Å². The zero-order valence-corrected chi connectivity index (χ0v) is 15.2. The molecule has 25 heavy (non-hydrogen) atoms. The fraction of sp³-hybridized carbons (Fsp3) is 0.381. The summed E-state index contributed by atoms with van der Waals surface area (Å²) in [6.07, 6.45) is 0.445.